The molecule has 0 saturated heterocycles. The Hall–Kier alpha value is -1.23. The minimum atomic E-state index is -4.37. The first-order chi connectivity index (χ1) is 6.79. The van der Waals surface area contributed by atoms with Gasteiger partial charge in [0.05, 0.1) is 5.57 Å². The van der Waals surface area contributed by atoms with Gasteiger partial charge in [-0.1, -0.05) is 12.7 Å². The van der Waals surface area contributed by atoms with E-state index < -0.39 is 11.7 Å². The predicted octanol–water partition coefficient (Wildman–Crippen LogP) is 2.07. The van der Waals surface area contributed by atoms with Crippen LogP contribution in [-0.4, -0.2) is 31.7 Å². The molecular formula is C10H15F3N2. The number of hydrogen-bond donors (Lipinski definition) is 1. The third kappa shape index (κ3) is 5.27. The fourth-order valence-corrected chi connectivity index (χ4v) is 0.740. The molecule has 86 valence electrons. The molecule has 0 saturated carbocycles. The Balaban J connectivity index is 4.72. The second-order valence-electron chi connectivity index (χ2n) is 3.11. The quantitative estimate of drug-likeness (QED) is 0.735. The molecule has 5 heteroatoms. The summed E-state index contributed by atoms with van der Waals surface area (Å²) < 4.78 is 37.0. The zero-order valence-corrected chi connectivity index (χ0v) is 8.80. The van der Waals surface area contributed by atoms with Crippen molar-refractivity contribution in [1.82, 2.24) is 4.90 Å². The van der Waals surface area contributed by atoms with E-state index in [1.165, 1.54) is 6.08 Å². The number of halogens is 3. The fourth-order valence-electron chi connectivity index (χ4n) is 0.740. The molecule has 0 aliphatic heterocycles. The Labute approximate surface area is 87.6 Å². The monoisotopic (exact) mass is 220 g/mol. The van der Waals surface area contributed by atoms with Crippen LogP contribution in [0.1, 0.15) is 0 Å². The van der Waals surface area contributed by atoms with Crippen LogP contribution in [0, 0.1) is 0 Å². The molecule has 0 spiro atoms. The van der Waals surface area contributed by atoms with Gasteiger partial charge in [-0.05, 0) is 12.2 Å². The van der Waals surface area contributed by atoms with Crippen LogP contribution in [0.2, 0.25) is 0 Å². The molecule has 0 aromatic rings. The van der Waals surface area contributed by atoms with Crippen LogP contribution < -0.4 is 5.73 Å². The largest absolute Gasteiger partial charge is 0.416 e. The van der Waals surface area contributed by atoms with Gasteiger partial charge in [0.15, 0.2) is 0 Å². The lowest BCUT2D eigenvalue weighted by atomic mass is 10.2. The minimum absolute atomic E-state index is 0.145. The molecule has 0 heterocycles. The summed E-state index contributed by atoms with van der Waals surface area (Å²) in [7, 11) is 3.40. The summed E-state index contributed by atoms with van der Waals surface area (Å²) in [4.78, 5) is 1.62. The second kappa shape index (κ2) is 5.60. The highest BCUT2D eigenvalue weighted by molar-refractivity contribution is 5.29. The van der Waals surface area contributed by atoms with Crippen LogP contribution in [0.5, 0.6) is 0 Å². The maximum Gasteiger partial charge on any atom is 0.416 e. The van der Waals surface area contributed by atoms with E-state index in [4.69, 9.17) is 5.73 Å². The lowest BCUT2D eigenvalue weighted by Gasteiger charge is -2.12. The minimum Gasteiger partial charge on any atom is -0.378 e. The molecule has 0 atom stereocenters. The van der Waals surface area contributed by atoms with Crippen LogP contribution >= 0.6 is 0 Å². The standard InChI is InChI=1S/C10H15F3N2/c1-8(15(2)3)4-5-9(6-7-14)10(11,12)13/h4-6H,1,7,14H2,2-3H3/b5-4-,9-6+. The van der Waals surface area contributed by atoms with E-state index in [9.17, 15) is 13.2 Å². The molecule has 0 aliphatic carbocycles. The van der Waals surface area contributed by atoms with Gasteiger partial charge in [0, 0.05) is 26.3 Å². The molecule has 0 fully saturated rings. The van der Waals surface area contributed by atoms with Crippen molar-refractivity contribution in [1.29, 1.82) is 0 Å². The molecule has 2 N–H and O–H groups in total. The van der Waals surface area contributed by atoms with Crippen LogP contribution in [0.3, 0.4) is 0 Å². The van der Waals surface area contributed by atoms with Crippen molar-refractivity contribution in [2.75, 3.05) is 20.6 Å². The number of likely N-dealkylation sites (N-methyl/N-ethyl adjacent to an activating group) is 1. The number of nitrogens with two attached hydrogens (primary N) is 1. The van der Waals surface area contributed by atoms with Crippen molar-refractivity contribution in [2.24, 2.45) is 5.73 Å². The van der Waals surface area contributed by atoms with Gasteiger partial charge in [-0.2, -0.15) is 13.2 Å². The maximum atomic E-state index is 12.3. The Kier molecular flexibility index (Phi) is 5.14. The normalized spacial score (nSPS) is 13.3. The average molecular weight is 220 g/mol. The molecule has 0 rings (SSSR count). The van der Waals surface area contributed by atoms with E-state index in [2.05, 4.69) is 6.58 Å². The Morgan fingerprint density at radius 3 is 2.20 bits per heavy atom. The average Bonchev–Trinajstić information content (AvgIpc) is 2.09. The van der Waals surface area contributed by atoms with Gasteiger partial charge in [-0.25, -0.2) is 0 Å². The summed E-state index contributed by atoms with van der Waals surface area (Å²) >= 11 is 0. The van der Waals surface area contributed by atoms with E-state index in [0.29, 0.717) is 5.70 Å². The van der Waals surface area contributed by atoms with Crippen molar-refractivity contribution >= 4 is 0 Å². The Morgan fingerprint density at radius 1 is 1.33 bits per heavy atom. The number of hydrogen-bond acceptors (Lipinski definition) is 2. The van der Waals surface area contributed by atoms with Gasteiger partial charge in [-0.15, -0.1) is 0 Å². The first-order valence-corrected chi connectivity index (χ1v) is 4.30. The topological polar surface area (TPSA) is 29.3 Å². The molecule has 0 radical (unpaired) electrons. The number of nitrogens with zero attached hydrogens (tertiary/aromatic N) is 1. The molecule has 15 heavy (non-hydrogen) atoms. The first-order valence-electron chi connectivity index (χ1n) is 4.30. The highest BCUT2D eigenvalue weighted by atomic mass is 19.4. The van der Waals surface area contributed by atoms with E-state index in [1.54, 1.807) is 19.0 Å². The van der Waals surface area contributed by atoms with Gasteiger partial charge in [-0.3, -0.25) is 0 Å². The summed E-state index contributed by atoms with van der Waals surface area (Å²) in [6.45, 7) is 3.44. The van der Waals surface area contributed by atoms with Crippen LogP contribution in [0.15, 0.2) is 36.1 Å². The van der Waals surface area contributed by atoms with Crippen molar-refractivity contribution in [2.45, 2.75) is 6.18 Å². The van der Waals surface area contributed by atoms with Gasteiger partial charge in [0.25, 0.3) is 0 Å². The van der Waals surface area contributed by atoms with E-state index >= 15 is 0 Å². The second-order valence-corrected chi connectivity index (χ2v) is 3.11. The van der Waals surface area contributed by atoms with Crippen molar-refractivity contribution in [3.8, 4) is 0 Å². The van der Waals surface area contributed by atoms with Crippen LogP contribution in [0.25, 0.3) is 0 Å². The molecule has 0 aromatic heterocycles. The zero-order chi connectivity index (χ0) is 12.1. The summed E-state index contributed by atoms with van der Waals surface area (Å²) in [6.07, 6.45) is -1.17. The van der Waals surface area contributed by atoms with Crippen molar-refractivity contribution in [3.05, 3.63) is 36.1 Å². The molecule has 0 unspecified atom stereocenters. The van der Waals surface area contributed by atoms with E-state index in [-0.39, 0.29) is 6.54 Å². The van der Waals surface area contributed by atoms with Crippen molar-refractivity contribution in [3.63, 3.8) is 0 Å². The first kappa shape index (κ1) is 13.8. The van der Waals surface area contributed by atoms with Gasteiger partial charge >= 0.3 is 6.18 Å². The maximum absolute atomic E-state index is 12.3. The molecular weight excluding hydrogens is 205 g/mol. The van der Waals surface area contributed by atoms with Crippen molar-refractivity contribution < 1.29 is 13.2 Å². The van der Waals surface area contributed by atoms with Crippen LogP contribution in [-0.2, 0) is 0 Å². The fraction of sp³-hybridized carbons (Fsp3) is 0.400. The van der Waals surface area contributed by atoms with E-state index in [0.717, 1.165) is 12.2 Å². The highest BCUT2D eigenvalue weighted by Gasteiger charge is 2.31. The number of allylic oxidation sites excluding steroid dienone is 3. The lowest BCUT2D eigenvalue weighted by molar-refractivity contribution is -0.0883. The zero-order valence-electron chi connectivity index (χ0n) is 8.80. The number of rotatable bonds is 4. The summed E-state index contributed by atoms with van der Waals surface area (Å²) in [6, 6.07) is 0. The summed E-state index contributed by atoms with van der Waals surface area (Å²) in [5.74, 6) is 0. The van der Waals surface area contributed by atoms with Gasteiger partial charge in [0.2, 0.25) is 0 Å². The van der Waals surface area contributed by atoms with Crippen LogP contribution in [0.4, 0.5) is 13.2 Å². The molecule has 2 nitrogen and oxygen atoms in total. The third-order valence-electron chi connectivity index (χ3n) is 1.69. The Bertz CT molecular complexity index is 275. The molecule has 0 aromatic carbocycles. The van der Waals surface area contributed by atoms with Gasteiger partial charge < -0.3 is 10.6 Å². The van der Waals surface area contributed by atoms with Gasteiger partial charge in [0.1, 0.15) is 0 Å². The summed E-state index contributed by atoms with van der Waals surface area (Å²) in [5, 5.41) is 0. The number of alkyl halides is 3. The molecule has 0 aliphatic rings. The third-order valence-corrected chi connectivity index (χ3v) is 1.69. The smallest absolute Gasteiger partial charge is 0.378 e. The Morgan fingerprint density at radius 2 is 1.87 bits per heavy atom. The summed E-state index contributed by atoms with van der Waals surface area (Å²) in [5.41, 5.74) is 4.78. The molecule has 0 bridgehead atoms. The lowest BCUT2D eigenvalue weighted by Crippen LogP contribution is -2.13. The SMILES string of the molecule is C=C(/C=C\C(=C/CN)C(F)(F)F)N(C)C. The van der Waals surface area contributed by atoms with E-state index in [1.807, 2.05) is 0 Å². The molecule has 0 amide bonds. The highest BCUT2D eigenvalue weighted by Crippen LogP contribution is 2.26. The predicted molar refractivity (Wildman–Crippen MR) is 55.2 cm³/mol.